The monoisotopic (exact) mass is 365 g/mol. The van der Waals surface area contributed by atoms with E-state index < -0.39 is 47.2 Å². The van der Waals surface area contributed by atoms with Crippen LogP contribution >= 0.6 is 0 Å². The minimum absolute atomic E-state index is 0.0575. The third-order valence-electron chi connectivity index (χ3n) is 5.35. The summed E-state index contributed by atoms with van der Waals surface area (Å²) in [7, 11) is 0. The van der Waals surface area contributed by atoms with Crippen molar-refractivity contribution in [2.75, 3.05) is 0 Å². The number of amides is 3. The second-order valence-corrected chi connectivity index (χ2v) is 7.14. The van der Waals surface area contributed by atoms with Gasteiger partial charge in [-0.3, -0.25) is 25.2 Å². The number of hydrogen-bond donors (Lipinski definition) is 4. The molecular formula is C14H18F3N3O5. The highest BCUT2D eigenvalue weighted by Gasteiger charge is 2.65. The standard InChI is InChI=1S/C14H18F3N3O5/c15-14(16,17)25-8-3-7(4-8)9(21)19-20-10(22)12-1-2-13(5-12,6-12)18-11(23)24/h7-8,18H,1-6H2,(H,19,21)(H,20,22)(H,23,24)/t7-,8+,12?,13?. The van der Waals surface area contributed by atoms with E-state index in [0.717, 1.165) is 0 Å². The van der Waals surface area contributed by atoms with Crippen molar-refractivity contribution in [3.05, 3.63) is 0 Å². The first-order chi connectivity index (χ1) is 11.5. The Labute approximate surface area is 140 Å². The lowest BCUT2D eigenvalue weighted by atomic mass is 9.64. The Balaban J connectivity index is 1.40. The molecule has 4 N–H and O–H groups in total. The average molecular weight is 365 g/mol. The van der Waals surface area contributed by atoms with Crippen molar-refractivity contribution in [2.24, 2.45) is 11.3 Å². The highest BCUT2D eigenvalue weighted by molar-refractivity contribution is 5.88. The van der Waals surface area contributed by atoms with Gasteiger partial charge in [0.2, 0.25) is 11.8 Å². The van der Waals surface area contributed by atoms with E-state index in [9.17, 15) is 27.6 Å². The van der Waals surface area contributed by atoms with Crippen LogP contribution in [0, 0.1) is 11.3 Å². The number of ether oxygens (including phenoxy) is 1. The van der Waals surface area contributed by atoms with Gasteiger partial charge < -0.3 is 10.4 Å². The summed E-state index contributed by atoms with van der Waals surface area (Å²) in [5.74, 6) is -1.59. The molecule has 0 heterocycles. The molecule has 2 bridgehead atoms. The third-order valence-corrected chi connectivity index (χ3v) is 5.35. The van der Waals surface area contributed by atoms with Gasteiger partial charge in [-0.2, -0.15) is 0 Å². The normalized spacial score (nSPS) is 36.0. The first-order valence-corrected chi connectivity index (χ1v) is 7.89. The van der Waals surface area contributed by atoms with Crippen LogP contribution < -0.4 is 16.2 Å². The van der Waals surface area contributed by atoms with Crippen molar-refractivity contribution in [1.29, 1.82) is 0 Å². The molecule has 4 rings (SSSR count). The van der Waals surface area contributed by atoms with E-state index in [1.165, 1.54) is 0 Å². The number of carbonyl (C=O) groups excluding carboxylic acids is 2. The van der Waals surface area contributed by atoms with Gasteiger partial charge in [-0.1, -0.05) is 0 Å². The molecule has 0 saturated heterocycles. The Kier molecular flexibility index (Phi) is 4.09. The molecule has 4 aliphatic rings. The molecule has 11 heteroatoms. The van der Waals surface area contributed by atoms with Gasteiger partial charge in [-0.25, -0.2) is 4.79 Å². The Bertz CT molecular complexity index is 597. The summed E-state index contributed by atoms with van der Waals surface area (Å²) in [5.41, 5.74) is 3.28. The zero-order valence-corrected chi connectivity index (χ0v) is 13.1. The summed E-state index contributed by atoms with van der Waals surface area (Å²) in [6.07, 6.45) is -5.19. The summed E-state index contributed by atoms with van der Waals surface area (Å²) >= 11 is 0. The maximum absolute atomic E-state index is 12.2. The minimum Gasteiger partial charge on any atom is -0.465 e. The predicted molar refractivity (Wildman–Crippen MR) is 74.7 cm³/mol. The third kappa shape index (κ3) is 3.51. The lowest BCUT2D eigenvalue weighted by Gasteiger charge is -2.45. The van der Waals surface area contributed by atoms with Crippen LogP contribution in [0.25, 0.3) is 0 Å². The summed E-state index contributed by atoms with van der Waals surface area (Å²) in [4.78, 5) is 34.8. The Morgan fingerprint density at radius 2 is 1.72 bits per heavy atom. The Morgan fingerprint density at radius 3 is 2.28 bits per heavy atom. The summed E-state index contributed by atoms with van der Waals surface area (Å²) < 4.78 is 39.9. The molecule has 4 saturated carbocycles. The molecule has 0 aromatic carbocycles. The van der Waals surface area contributed by atoms with E-state index in [0.29, 0.717) is 25.7 Å². The first kappa shape index (κ1) is 17.8. The topological polar surface area (TPSA) is 117 Å². The Hall–Kier alpha value is -2.04. The van der Waals surface area contributed by atoms with E-state index >= 15 is 0 Å². The van der Waals surface area contributed by atoms with Gasteiger partial charge in [0.05, 0.1) is 11.5 Å². The highest BCUT2D eigenvalue weighted by Crippen LogP contribution is 2.61. The average Bonchev–Trinajstić information content (AvgIpc) is 2.93. The molecule has 0 aromatic heterocycles. The summed E-state index contributed by atoms with van der Waals surface area (Å²) in [6, 6.07) is 0. The lowest BCUT2D eigenvalue weighted by molar-refractivity contribution is -0.353. The van der Waals surface area contributed by atoms with E-state index in [2.05, 4.69) is 20.9 Å². The number of carboxylic acid groups (broad SMARTS) is 1. The SMILES string of the molecule is O=C(O)NC12CCC(C(=O)NNC(=O)[C@H]3C[C@@H](OC(F)(F)F)C3)(C1)C2. The number of hydrazine groups is 1. The van der Waals surface area contributed by atoms with Gasteiger partial charge >= 0.3 is 12.5 Å². The van der Waals surface area contributed by atoms with Crippen LogP contribution in [0.15, 0.2) is 0 Å². The molecule has 0 aromatic rings. The van der Waals surface area contributed by atoms with Crippen molar-refractivity contribution in [3.8, 4) is 0 Å². The fourth-order valence-electron chi connectivity index (χ4n) is 4.15. The molecule has 25 heavy (non-hydrogen) atoms. The van der Waals surface area contributed by atoms with E-state index in [4.69, 9.17) is 5.11 Å². The van der Waals surface area contributed by atoms with Gasteiger partial charge in [-0.05, 0) is 38.5 Å². The number of nitrogens with one attached hydrogen (secondary N) is 3. The maximum atomic E-state index is 12.2. The van der Waals surface area contributed by atoms with Gasteiger partial charge in [0, 0.05) is 11.5 Å². The van der Waals surface area contributed by atoms with Gasteiger partial charge in [-0.15, -0.1) is 13.2 Å². The molecule has 0 unspecified atom stereocenters. The van der Waals surface area contributed by atoms with Gasteiger partial charge in [0.15, 0.2) is 0 Å². The van der Waals surface area contributed by atoms with E-state index in [1.807, 2.05) is 0 Å². The number of hydrogen-bond acceptors (Lipinski definition) is 4. The van der Waals surface area contributed by atoms with Crippen LogP contribution in [0.5, 0.6) is 0 Å². The van der Waals surface area contributed by atoms with Crippen LogP contribution in [-0.2, 0) is 14.3 Å². The molecule has 3 amide bonds. The second kappa shape index (κ2) is 5.75. The second-order valence-electron chi connectivity index (χ2n) is 7.14. The Morgan fingerprint density at radius 1 is 1.08 bits per heavy atom. The number of fused-ring (bicyclic) bond motifs is 1. The summed E-state index contributed by atoms with van der Waals surface area (Å²) in [5, 5.41) is 11.2. The fraction of sp³-hybridized carbons (Fsp3) is 0.786. The van der Waals surface area contributed by atoms with Crippen molar-refractivity contribution >= 4 is 17.9 Å². The van der Waals surface area contributed by atoms with Crippen molar-refractivity contribution in [1.82, 2.24) is 16.2 Å². The lowest BCUT2D eigenvalue weighted by Crippen LogP contribution is -2.61. The molecule has 0 spiro atoms. The number of alkyl halides is 3. The van der Waals surface area contributed by atoms with E-state index in [-0.39, 0.29) is 12.8 Å². The van der Waals surface area contributed by atoms with Crippen molar-refractivity contribution in [3.63, 3.8) is 0 Å². The van der Waals surface area contributed by atoms with Crippen LogP contribution in [0.3, 0.4) is 0 Å². The van der Waals surface area contributed by atoms with Crippen LogP contribution in [0.2, 0.25) is 0 Å². The summed E-state index contributed by atoms with van der Waals surface area (Å²) in [6.45, 7) is 0. The van der Waals surface area contributed by atoms with Crippen molar-refractivity contribution in [2.45, 2.75) is 56.5 Å². The first-order valence-electron chi connectivity index (χ1n) is 7.89. The molecule has 0 aliphatic heterocycles. The quantitative estimate of drug-likeness (QED) is 0.555. The molecule has 4 aliphatic carbocycles. The highest BCUT2D eigenvalue weighted by atomic mass is 19.4. The largest absolute Gasteiger partial charge is 0.522 e. The van der Waals surface area contributed by atoms with Crippen LogP contribution in [-0.4, -0.2) is 41.0 Å². The molecular weight excluding hydrogens is 347 g/mol. The number of carbonyl (C=O) groups is 3. The fourth-order valence-corrected chi connectivity index (χ4v) is 4.15. The van der Waals surface area contributed by atoms with E-state index in [1.54, 1.807) is 0 Å². The molecule has 0 atom stereocenters. The molecule has 0 radical (unpaired) electrons. The van der Waals surface area contributed by atoms with Crippen molar-refractivity contribution < 1.29 is 37.4 Å². The minimum atomic E-state index is -4.72. The van der Waals surface area contributed by atoms with Crippen LogP contribution in [0.4, 0.5) is 18.0 Å². The smallest absolute Gasteiger partial charge is 0.465 e. The molecule has 140 valence electrons. The predicted octanol–water partition coefficient (Wildman–Crippen LogP) is 1.03. The van der Waals surface area contributed by atoms with Gasteiger partial charge in [0.1, 0.15) is 0 Å². The number of halogens is 3. The zero-order chi connectivity index (χ0) is 18.5. The van der Waals surface area contributed by atoms with Gasteiger partial charge in [0.25, 0.3) is 0 Å². The molecule has 4 fully saturated rings. The molecule has 8 nitrogen and oxygen atoms in total. The maximum Gasteiger partial charge on any atom is 0.522 e. The van der Waals surface area contributed by atoms with Crippen LogP contribution in [0.1, 0.15) is 38.5 Å². The number of rotatable bonds is 4. The zero-order valence-electron chi connectivity index (χ0n) is 13.1.